The van der Waals surface area contributed by atoms with Crippen LogP contribution in [0, 0.1) is 10.1 Å². The van der Waals surface area contributed by atoms with Gasteiger partial charge in [-0.15, -0.1) is 0 Å². The fourth-order valence-corrected chi connectivity index (χ4v) is 2.24. The van der Waals surface area contributed by atoms with E-state index >= 15 is 0 Å². The maximum Gasteiger partial charge on any atom is 0.282 e. The summed E-state index contributed by atoms with van der Waals surface area (Å²) in [5.74, 6) is -0.777. The topological polar surface area (TPSA) is 102 Å². The van der Waals surface area contributed by atoms with Crippen molar-refractivity contribution in [3.63, 3.8) is 0 Å². The predicted octanol–water partition coefficient (Wildman–Crippen LogP) is 1.60. The summed E-state index contributed by atoms with van der Waals surface area (Å²) in [4.78, 5) is 22.4. The molecular weight excluding hydrogens is 264 g/mol. The second-order valence-electron chi connectivity index (χ2n) is 4.77. The summed E-state index contributed by atoms with van der Waals surface area (Å²) in [5.41, 5.74) is -0.486. The molecule has 1 saturated heterocycles. The lowest BCUT2D eigenvalue weighted by Gasteiger charge is -2.19. The number of hydrogen-bond acceptors (Lipinski definition) is 5. The highest BCUT2D eigenvalue weighted by Gasteiger charge is 2.27. The van der Waals surface area contributed by atoms with Gasteiger partial charge in [-0.25, -0.2) is 0 Å². The molecule has 1 aliphatic rings. The highest BCUT2D eigenvalue weighted by atomic mass is 16.6. The van der Waals surface area contributed by atoms with Crippen molar-refractivity contribution in [3.8, 4) is 5.75 Å². The number of amides is 1. The first kappa shape index (κ1) is 14.3. The van der Waals surface area contributed by atoms with Gasteiger partial charge >= 0.3 is 0 Å². The molecule has 1 amide bonds. The zero-order valence-corrected chi connectivity index (χ0v) is 11.0. The number of aromatic hydroxyl groups is 1. The average Bonchev–Trinajstić information content (AvgIpc) is 2.92. The summed E-state index contributed by atoms with van der Waals surface area (Å²) in [7, 11) is 0. The van der Waals surface area contributed by atoms with Crippen LogP contribution in [0.2, 0.25) is 0 Å². The molecule has 2 unspecified atom stereocenters. The second-order valence-corrected chi connectivity index (χ2v) is 4.77. The molecule has 1 aromatic carbocycles. The van der Waals surface area contributed by atoms with E-state index in [-0.39, 0.29) is 29.1 Å². The molecule has 20 heavy (non-hydrogen) atoms. The molecule has 2 N–H and O–H groups in total. The van der Waals surface area contributed by atoms with Crippen molar-refractivity contribution in [2.75, 3.05) is 6.61 Å². The van der Waals surface area contributed by atoms with Gasteiger partial charge in [0.1, 0.15) is 11.3 Å². The van der Waals surface area contributed by atoms with E-state index in [0.29, 0.717) is 6.61 Å². The zero-order chi connectivity index (χ0) is 14.7. The van der Waals surface area contributed by atoms with E-state index < -0.39 is 10.8 Å². The SMILES string of the molecule is CC(NC(=O)c1cc(O)ccc1[N+](=O)[O-])C1CCCO1. The summed E-state index contributed by atoms with van der Waals surface area (Å²) < 4.78 is 5.45. The van der Waals surface area contributed by atoms with Crippen LogP contribution in [0.25, 0.3) is 0 Å². The number of nitro benzene ring substituents is 1. The number of phenolic OH excluding ortho intramolecular Hbond substituents is 1. The van der Waals surface area contributed by atoms with Gasteiger partial charge in [0.05, 0.1) is 17.1 Å². The Labute approximate surface area is 115 Å². The van der Waals surface area contributed by atoms with Crippen molar-refractivity contribution in [2.45, 2.75) is 31.9 Å². The van der Waals surface area contributed by atoms with Crippen LogP contribution in [0.4, 0.5) is 5.69 Å². The van der Waals surface area contributed by atoms with E-state index in [1.54, 1.807) is 6.92 Å². The van der Waals surface area contributed by atoms with E-state index in [2.05, 4.69) is 5.32 Å². The molecule has 7 heteroatoms. The molecule has 0 radical (unpaired) electrons. The molecule has 1 fully saturated rings. The van der Waals surface area contributed by atoms with E-state index in [1.807, 2.05) is 0 Å². The van der Waals surface area contributed by atoms with E-state index in [9.17, 15) is 20.0 Å². The number of carbonyl (C=O) groups is 1. The monoisotopic (exact) mass is 280 g/mol. The molecule has 0 aliphatic carbocycles. The van der Waals surface area contributed by atoms with E-state index in [4.69, 9.17) is 4.74 Å². The minimum absolute atomic E-state index is 0.0738. The summed E-state index contributed by atoms with van der Waals surface area (Å²) in [6.07, 6.45) is 1.72. The number of rotatable bonds is 4. The Hall–Kier alpha value is -2.15. The number of hydrogen-bond donors (Lipinski definition) is 2. The van der Waals surface area contributed by atoms with Crippen LogP contribution < -0.4 is 5.32 Å². The minimum Gasteiger partial charge on any atom is -0.508 e. The van der Waals surface area contributed by atoms with Crippen molar-refractivity contribution in [2.24, 2.45) is 0 Å². The lowest BCUT2D eigenvalue weighted by atomic mass is 10.1. The molecule has 0 aromatic heterocycles. The van der Waals surface area contributed by atoms with Crippen LogP contribution in [-0.4, -0.2) is 34.7 Å². The number of nitrogens with one attached hydrogen (secondary N) is 1. The fourth-order valence-electron chi connectivity index (χ4n) is 2.24. The Kier molecular flexibility index (Phi) is 4.19. The van der Waals surface area contributed by atoms with E-state index in [1.165, 1.54) is 6.07 Å². The highest BCUT2D eigenvalue weighted by molar-refractivity contribution is 5.98. The molecule has 0 spiro atoms. The molecule has 1 heterocycles. The summed E-state index contributed by atoms with van der Waals surface area (Å²) in [5, 5.41) is 23.0. The number of phenols is 1. The van der Waals surface area contributed by atoms with Crippen LogP contribution in [0.1, 0.15) is 30.1 Å². The minimum atomic E-state index is -0.648. The Morgan fingerprint density at radius 2 is 2.35 bits per heavy atom. The lowest BCUT2D eigenvalue weighted by Crippen LogP contribution is -2.41. The van der Waals surface area contributed by atoms with Crippen LogP contribution in [0.3, 0.4) is 0 Å². The first-order chi connectivity index (χ1) is 9.49. The third-order valence-corrected chi connectivity index (χ3v) is 3.30. The number of carbonyl (C=O) groups excluding carboxylic acids is 1. The molecule has 108 valence electrons. The number of nitro groups is 1. The van der Waals surface area contributed by atoms with Gasteiger partial charge in [0.2, 0.25) is 0 Å². The normalized spacial score (nSPS) is 19.6. The molecule has 0 bridgehead atoms. The average molecular weight is 280 g/mol. The molecule has 2 atom stereocenters. The van der Waals surface area contributed by atoms with Crippen molar-refractivity contribution >= 4 is 11.6 Å². The van der Waals surface area contributed by atoms with Crippen LogP contribution >= 0.6 is 0 Å². The Morgan fingerprint density at radius 3 is 2.95 bits per heavy atom. The lowest BCUT2D eigenvalue weighted by molar-refractivity contribution is -0.385. The highest BCUT2D eigenvalue weighted by Crippen LogP contribution is 2.24. The predicted molar refractivity (Wildman–Crippen MR) is 70.7 cm³/mol. The molecule has 1 aromatic rings. The Balaban J connectivity index is 2.15. The smallest absolute Gasteiger partial charge is 0.282 e. The summed E-state index contributed by atoms with van der Waals surface area (Å²) in [6, 6.07) is 3.14. The first-order valence-corrected chi connectivity index (χ1v) is 6.39. The maximum atomic E-state index is 12.1. The van der Waals surface area contributed by atoms with Crippen LogP contribution in [0.5, 0.6) is 5.75 Å². The largest absolute Gasteiger partial charge is 0.508 e. The van der Waals surface area contributed by atoms with Gasteiger partial charge in [-0.2, -0.15) is 0 Å². The van der Waals surface area contributed by atoms with Crippen molar-refractivity contribution in [3.05, 3.63) is 33.9 Å². The molecule has 2 rings (SSSR count). The van der Waals surface area contributed by atoms with E-state index in [0.717, 1.165) is 25.0 Å². The van der Waals surface area contributed by atoms with Crippen molar-refractivity contribution < 1.29 is 19.6 Å². The standard InChI is InChI=1S/C13H16N2O5/c1-8(12-3-2-6-20-12)14-13(17)10-7-9(16)4-5-11(10)15(18)19/h4-5,7-8,12,16H,2-3,6H2,1H3,(H,14,17). The maximum absolute atomic E-state index is 12.1. The number of benzene rings is 1. The Morgan fingerprint density at radius 1 is 1.60 bits per heavy atom. The second kappa shape index (κ2) is 5.87. The number of ether oxygens (including phenoxy) is 1. The number of nitrogens with zero attached hydrogens (tertiary/aromatic N) is 1. The van der Waals surface area contributed by atoms with Gasteiger partial charge in [-0.3, -0.25) is 14.9 Å². The summed E-state index contributed by atoms with van der Waals surface area (Å²) >= 11 is 0. The van der Waals surface area contributed by atoms with Crippen molar-refractivity contribution in [1.29, 1.82) is 0 Å². The van der Waals surface area contributed by atoms with Gasteiger partial charge in [0.25, 0.3) is 11.6 Å². The molecular formula is C13H16N2O5. The fraction of sp³-hybridized carbons (Fsp3) is 0.462. The third kappa shape index (κ3) is 3.05. The molecule has 1 aliphatic heterocycles. The van der Waals surface area contributed by atoms with Gasteiger partial charge in [0.15, 0.2) is 0 Å². The quantitative estimate of drug-likeness (QED) is 0.644. The van der Waals surface area contributed by atoms with Gasteiger partial charge < -0.3 is 15.2 Å². The van der Waals surface area contributed by atoms with Crippen LogP contribution in [-0.2, 0) is 4.74 Å². The van der Waals surface area contributed by atoms with Gasteiger partial charge in [0, 0.05) is 12.7 Å². The van der Waals surface area contributed by atoms with Crippen LogP contribution in [0.15, 0.2) is 18.2 Å². The van der Waals surface area contributed by atoms with Gasteiger partial charge in [-0.1, -0.05) is 0 Å². The Bertz CT molecular complexity index is 525. The summed E-state index contributed by atoms with van der Waals surface area (Å²) in [6.45, 7) is 2.46. The van der Waals surface area contributed by atoms with Crippen molar-refractivity contribution in [1.82, 2.24) is 5.32 Å². The zero-order valence-electron chi connectivity index (χ0n) is 11.0. The third-order valence-electron chi connectivity index (χ3n) is 3.30. The molecule has 7 nitrogen and oxygen atoms in total. The first-order valence-electron chi connectivity index (χ1n) is 6.39. The molecule has 0 saturated carbocycles. The van der Waals surface area contributed by atoms with Gasteiger partial charge in [-0.05, 0) is 31.9 Å².